The van der Waals surface area contributed by atoms with Gasteiger partial charge in [-0.05, 0) is 47.0 Å². The Morgan fingerprint density at radius 1 is 0.814 bits per heavy atom. The maximum atomic E-state index is 14.4. The fourth-order valence-corrected chi connectivity index (χ4v) is 5.25. The first-order chi connectivity index (χ1) is 20.0. The molecule has 0 aliphatic rings. The number of pyridine rings is 1. The lowest BCUT2D eigenvalue weighted by Crippen LogP contribution is -2.29. The molecule has 14 heteroatoms. The summed E-state index contributed by atoms with van der Waals surface area (Å²) in [5.74, 6) is -2.52. The number of halogens is 8. The molecule has 0 aliphatic carbocycles. The first kappa shape index (κ1) is 31.4. The summed E-state index contributed by atoms with van der Waals surface area (Å²) in [6, 6.07) is 11.1. The van der Waals surface area contributed by atoms with Gasteiger partial charge in [0.05, 0.1) is 34.0 Å². The van der Waals surface area contributed by atoms with Gasteiger partial charge in [-0.25, -0.2) is 17.2 Å². The molecule has 0 N–H and O–H groups in total. The van der Waals surface area contributed by atoms with E-state index in [9.17, 15) is 53.6 Å². The van der Waals surface area contributed by atoms with Gasteiger partial charge in [0.1, 0.15) is 23.3 Å². The number of aromatic nitrogens is 1. The fraction of sp³-hybridized carbons (Fsp3) is 0.172. The van der Waals surface area contributed by atoms with Crippen molar-refractivity contribution in [1.29, 1.82) is 5.26 Å². The number of alkyl halides is 6. The summed E-state index contributed by atoms with van der Waals surface area (Å²) in [6.45, 7) is 0.564. The predicted octanol–water partition coefficient (Wildman–Crippen LogP) is 7.21. The smallest absolute Gasteiger partial charge is 0.303 e. The van der Waals surface area contributed by atoms with Crippen molar-refractivity contribution in [2.24, 2.45) is 0 Å². The van der Waals surface area contributed by atoms with Gasteiger partial charge in [-0.1, -0.05) is 37.3 Å². The molecule has 0 saturated carbocycles. The maximum absolute atomic E-state index is 14.4. The largest absolute Gasteiger partial charge is 0.417 e. The Kier molecular flexibility index (Phi) is 8.25. The van der Waals surface area contributed by atoms with Crippen LogP contribution in [0.3, 0.4) is 0 Å². The number of nitrogens with zero attached hydrogens (tertiary/aromatic N) is 2. The zero-order valence-corrected chi connectivity index (χ0v) is 22.6. The topological polar surface area (TPSA) is 79.9 Å². The Balaban J connectivity index is 1.92. The van der Waals surface area contributed by atoms with Crippen LogP contribution in [0.1, 0.15) is 29.2 Å². The monoisotopic (exact) mass is 626 g/mol. The first-order valence-electron chi connectivity index (χ1n) is 12.2. The Morgan fingerprint density at radius 2 is 1.44 bits per heavy atom. The molecule has 0 fully saturated rings. The Morgan fingerprint density at radius 3 is 1.98 bits per heavy atom. The average molecular weight is 627 g/mol. The second-order valence-electron chi connectivity index (χ2n) is 9.28. The highest BCUT2D eigenvalue weighted by molar-refractivity contribution is 7.91. The third-order valence-corrected chi connectivity index (χ3v) is 8.26. The molecule has 5 nitrogen and oxygen atoms in total. The highest BCUT2D eigenvalue weighted by Crippen LogP contribution is 2.37. The quantitative estimate of drug-likeness (QED) is 0.212. The van der Waals surface area contributed by atoms with Crippen molar-refractivity contribution in [3.05, 3.63) is 111 Å². The molecule has 0 radical (unpaired) electrons. The molecular formula is C29H18F8N2O3S. The minimum atomic E-state index is -5.14. The van der Waals surface area contributed by atoms with Crippen molar-refractivity contribution in [1.82, 2.24) is 4.57 Å². The van der Waals surface area contributed by atoms with Crippen LogP contribution in [0, 0.1) is 23.0 Å². The third kappa shape index (κ3) is 6.46. The number of rotatable bonds is 6. The van der Waals surface area contributed by atoms with E-state index in [1.807, 2.05) is 0 Å². The second-order valence-corrected chi connectivity index (χ2v) is 11.6. The lowest BCUT2D eigenvalue weighted by molar-refractivity contribution is -0.138. The third-order valence-electron chi connectivity index (χ3n) is 6.55. The van der Waals surface area contributed by atoms with E-state index in [0.717, 1.165) is 18.2 Å². The van der Waals surface area contributed by atoms with Crippen LogP contribution in [0.4, 0.5) is 35.1 Å². The van der Waals surface area contributed by atoms with Gasteiger partial charge >= 0.3 is 12.4 Å². The van der Waals surface area contributed by atoms with Crippen molar-refractivity contribution >= 4 is 9.84 Å². The molecule has 3 aromatic carbocycles. The summed E-state index contributed by atoms with van der Waals surface area (Å²) in [7, 11) is -4.06. The first-order valence-corrected chi connectivity index (χ1v) is 13.9. The van der Waals surface area contributed by atoms with Crippen molar-refractivity contribution in [2.45, 2.75) is 30.7 Å². The molecule has 0 unspecified atom stereocenters. The normalized spacial score (nSPS) is 12.3. The van der Waals surface area contributed by atoms with Crippen LogP contribution in [0.25, 0.3) is 22.4 Å². The number of benzene rings is 3. The molecule has 0 bridgehead atoms. The molecule has 0 spiro atoms. The summed E-state index contributed by atoms with van der Waals surface area (Å²) in [5.41, 5.74) is -6.35. The van der Waals surface area contributed by atoms with Gasteiger partial charge in [0.2, 0.25) is 0 Å². The number of hydrogen-bond donors (Lipinski definition) is 0. The fourth-order valence-electron chi connectivity index (χ4n) is 4.30. The molecule has 1 heterocycles. The standard InChI is InChI=1S/C29H18F8N2O3S/c1-2-43(41,42)22-10-19(9-20(11-22)28(32,33)34)16-3-5-17(6-4-16)26-13-24(29(35,36)37)23(14-38)27(40)39(26)15-18-7-8-21(30)12-25(18)31/h3-13H,2,15H2,1H3. The zero-order valence-electron chi connectivity index (χ0n) is 21.8. The lowest BCUT2D eigenvalue weighted by Gasteiger charge is -2.18. The molecular weight excluding hydrogens is 608 g/mol. The van der Waals surface area contributed by atoms with Crippen LogP contribution in [0.2, 0.25) is 0 Å². The van der Waals surface area contributed by atoms with E-state index in [0.29, 0.717) is 28.8 Å². The van der Waals surface area contributed by atoms with Gasteiger partial charge in [-0.3, -0.25) is 4.79 Å². The van der Waals surface area contributed by atoms with Crippen molar-refractivity contribution in [3.63, 3.8) is 0 Å². The molecule has 224 valence electrons. The van der Waals surface area contributed by atoms with Crippen LogP contribution in [-0.2, 0) is 28.7 Å². The Hall–Kier alpha value is -4.51. The SMILES string of the molecule is CCS(=O)(=O)c1cc(-c2ccc(-c3cc(C(F)(F)F)c(C#N)c(=O)n3Cc3ccc(F)cc3F)cc2)cc(C(F)(F)F)c1. The summed E-state index contributed by atoms with van der Waals surface area (Å²) < 4.78 is 135. The van der Waals surface area contributed by atoms with Crippen molar-refractivity contribution < 1.29 is 43.5 Å². The van der Waals surface area contributed by atoms with Gasteiger partial charge in [-0.2, -0.15) is 31.6 Å². The van der Waals surface area contributed by atoms with Crippen molar-refractivity contribution in [3.8, 4) is 28.5 Å². The van der Waals surface area contributed by atoms with Crippen LogP contribution < -0.4 is 5.56 Å². The van der Waals surface area contributed by atoms with E-state index in [1.54, 1.807) is 0 Å². The number of nitriles is 1. The van der Waals surface area contributed by atoms with Gasteiger partial charge < -0.3 is 4.57 Å². The lowest BCUT2D eigenvalue weighted by atomic mass is 9.99. The van der Waals surface area contributed by atoms with E-state index < -0.39 is 79.0 Å². The molecule has 4 rings (SSSR count). The minimum Gasteiger partial charge on any atom is -0.303 e. The highest BCUT2D eigenvalue weighted by atomic mass is 32.2. The van der Waals surface area contributed by atoms with Gasteiger partial charge in [-0.15, -0.1) is 0 Å². The Labute approximate surface area is 239 Å². The van der Waals surface area contributed by atoms with Crippen LogP contribution in [-0.4, -0.2) is 18.7 Å². The van der Waals surface area contributed by atoms with E-state index in [1.165, 1.54) is 37.3 Å². The molecule has 1 aromatic heterocycles. The molecule has 43 heavy (non-hydrogen) atoms. The highest BCUT2D eigenvalue weighted by Gasteiger charge is 2.37. The molecule has 0 saturated heterocycles. The summed E-state index contributed by atoms with van der Waals surface area (Å²) in [6.07, 6.45) is -10.0. The number of sulfone groups is 1. The van der Waals surface area contributed by atoms with Gasteiger partial charge in [0, 0.05) is 11.6 Å². The molecule has 0 amide bonds. The van der Waals surface area contributed by atoms with E-state index in [4.69, 9.17) is 0 Å². The van der Waals surface area contributed by atoms with Crippen LogP contribution in [0.15, 0.2) is 76.4 Å². The summed E-state index contributed by atoms with van der Waals surface area (Å²) >= 11 is 0. The molecule has 0 aliphatic heterocycles. The van der Waals surface area contributed by atoms with Gasteiger partial charge in [0.15, 0.2) is 9.84 Å². The van der Waals surface area contributed by atoms with Crippen molar-refractivity contribution in [2.75, 3.05) is 5.75 Å². The number of hydrogen-bond acceptors (Lipinski definition) is 4. The van der Waals surface area contributed by atoms with E-state index in [2.05, 4.69) is 0 Å². The van der Waals surface area contributed by atoms with Crippen LogP contribution in [0.5, 0.6) is 0 Å². The van der Waals surface area contributed by atoms with Gasteiger partial charge in [0.25, 0.3) is 5.56 Å². The van der Waals surface area contributed by atoms with E-state index >= 15 is 0 Å². The average Bonchev–Trinajstić information content (AvgIpc) is 2.94. The predicted molar refractivity (Wildman–Crippen MR) is 139 cm³/mol. The van der Waals surface area contributed by atoms with E-state index in [-0.39, 0.29) is 22.3 Å². The summed E-state index contributed by atoms with van der Waals surface area (Å²) in [4.78, 5) is 12.5. The zero-order chi connectivity index (χ0) is 31.9. The Bertz CT molecular complexity index is 1920. The molecule has 4 aromatic rings. The maximum Gasteiger partial charge on any atom is 0.417 e. The second kappa shape index (κ2) is 11.3. The molecule has 0 atom stereocenters. The minimum absolute atomic E-state index is 0.0607. The summed E-state index contributed by atoms with van der Waals surface area (Å²) in [5, 5.41) is 9.34. The van der Waals surface area contributed by atoms with Crippen LogP contribution >= 0.6 is 0 Å².